The summed E-state index contributed by atoms with van der Waals surface area (Å²) in [5.41, 5.74) is 2.64. The summed E-state index contributed by atoms with van der Waals surface area (Å²) < 4.78 is 11.2. The van der Waals surface area contributed by atoms with Gasteiger partial charge in [0.2, 0.25) is 0 Å². The van der Waals surface area contributed by atoms with E-state index in [4.69, 9.17) is 25.7 Å². The fourth-order valence-corrected chi connectivity index (χ4v) is 2.57. The normalized spacial score (nSPS) is 17.9. The third-order valence-corrected chi connectivity index (χ3v) is 3.64. The van der Waals surface area contributed by atoms with Gasteiger partial charge in [-0.05, 0) is 13.0 Å². The summed E-state index contributed by atoms with van der Waals surface area (Å²) in [6, 6.07) is 7.59. The molecule has 0 amide bonds. The topological polar surface area (TPSA) is 56.9 Å². The van der Waals surface area contributed by atoms with Gasteiger partial charge in [0.15, 0.2) is 5.76 Å². The molecule has 0 saturated carbocycles. The molecule has 0 radical (unpaired) electrons. The van der Waals surface area contributed by atoms with Gasteiger partial charge in [-0.3, -0.25) is 0 Å². The standard InChI is InChI=1S/C15H15ClN2O3/c1-2-20-17-9-13-11-7-8-19-15(14(11)18-21-13)10-5-3-4-6-12(10)16/h3-6,9,15H,2,7-8H2,1H3. The van der Waals surface area contributed by atoms with Gasteiger partial charge in [0.1, 0.15) is 24.6 Å². The van der Waals surface area contributed by atoms with E-state index in [1.807, 2.05) is 31.2 Å². The second kappa shape index (κ2) is 6.28. The SMILES string of the molecule is CCON=Cc1onc2c1CCOC2c1ccccc1Cl. The molecule has 0 fully saturated rings. The van der Waals surface area contributed by atoms with Crippen molar-refractivity contribution in [3.05, 3.63) is 51.9 Å². The average Bonchev–Trinajstić information content (AvgIpc) is 2.92. The fraction of sp³-hybridized carbons (Fsp3) is 0.333. The number of hydrogen-bond donors (Lipinski definition) is 0. The molecule has 110 valence electrons. The molecule has 1 aliphatic rings. The van der Waals surface area contributed by atoms with Gasteiger partial charge in [-0.2, -0.15) is 0 Å². The van der Waals surface area contributed by atoms with Crippen LogP contribution < -0.4 is 0 Å². The van der Waals surface area contributed by atoms with Crippen LogP contribution in [0.3, 0.4) is 0 Å². The number of halogens is 1. The highest BCUT2D eigenvalue weighted by atomic mass is 35.5. The van der Waals surface area contributed by atoms with E-state index in [0.717, 1.165) is 23.2 Å². The smallest absolute Gasteiger partial charge is 0.184 e. The Balaban J connectivity index is 1.94. The van der Waals surface area contributed by atoms with Crippen LogP contribution in [0.1, 0.15) is 35.6 Å². The van der Waals surface area contributed by atoms with Crippen LogP contribution in [0.25, 0.3) is 0 Å². The molecule has 3 rings (SSSR count). The molecule has 1 atom stereocenters. The number of ether oxygens (including phenoxy) is 1. The molecule has 0 N–H and O–H groups in total. The molecule has 2 aromatic rings. The van der Waals surface area contributed by atoms with Crippen molar-refractivity contribution >= 4 is 17.8 Å². The predicted octanol–water partition coefficient (Wildman–Crippen LogP) is 3.36. The second-order valence-electron chi connectivity index (χ2n) is 4.59. The Labute approximate surface area is 127 Å². The molecule has 0 aliphatic carbocycles. The molecule has 1 aromatic heterocycles. The Hall–Kier alpha value is -1.85. The van der Waals surface area contributed by atoms with Crippen molar-refractivity contribution < 1.29 is 14.1 Å². The minimum absolute atomic E-state index is 0.305. The van der Waals surface area contributed by atoms with Gasteiger partial charge in [-0.1, -0.05) is 40.1 Å². The lowest BCUT2D eigenvalue weighted by Crippen LogP contribution is -2.17. The third-order valence-electron chi connectivity index (χ3n) is 3.30. The number of fused-ring (bicyclic) bond motifs is 1. The molecule has 2 heterocycles. The molecule has 1 aliphatic heterocycles. The number of benzene rings is 1. The molecular formula is C15H15ClN2O3. The van der Waals surface area contributed by atoms with Crippen LogP contribution in [-0.2, 0) is 16.0 Å². The minimum Gasteiger partial charge on any atom is -0.396 e. The number of oxime groups is 1. The van der Waals surface area contributed by atoms with Gasteiger partial charge in [0.05, 0.1) is 6.61 Å². The lowest BCUT2D eigenvalue weighted by atomic mass is 9.98. The van der Waals surface area contributed by atoms with Crippen LogP contribution >= 0.6 is 11.6 Å². The minimum atomic E-state index is -0.305. The second-order valence-corrected chi connectivity index (χ2v) is 4.99. The van der Waals surface area contributed by atoms with E-state index in [1.54, 1.807) is 6.21 Å². The van der Waals surface area contributed by atoms with E-state index in [2.05, 4.69) is 10.3 Å². The number of aromatic nitrogens is 1. The Morgan fingerprint density at radius 1 is 1.48 bits per heavy atom. The molecule has 21 heavy (non-hydrogen) atoms. The summed E-state index contributed by atoms with van der Waals surface area (Å²) >= 11 is 6.25. The van der Waals surface area contributed by atoms with Crippen molar-refractivity contribution in [2.45, 2.75) is 19.4 Å². The van der Waals surface area contributed by atoms with Crippen molar-refractivity contribution in [3.63, 3.8) is 0 Å². The van der Waals surface area contributed by atoms with Gasteiger partial charge >= 0.3 is 0 Å². The highest BCUT2D eigenvalue weighted by Gasteiger charge is 2.30. The maximum Gasteiger partial charge on any atom is 0.184 e. The van der Waals surface area contributed by atoms with E-state index in [9.17, 15) is 0 Å². The first-order chi connectivity index (χ1) is 10.3. The maximum atomic E-state index is 6.25. The first kappa shape index (κ1) is 14.1. The first-order valence-corrected chi connectivity index (χ1v) is 7.19. The van der Waals surface area contributed by atoms with Gasteiger partial charge < -0.3 is 14.1 Å². The third kappa shape index (κ3) is 2.80. The van der Waals surface area contributed by atoms with E-state index in [0.29, 0.717) is 24.0 Å². The molecular weight excluding hydrogens is 292 g/mol. The largest absolute Gasteiger partial charge is 0.396 e. The van der Waals surface area contributed by atoms with Crippen LogP contribution in [-0.4, -0.2) is 24.6 Å². The summed E-state index contributed by atoms with van der Waals surface area (Å²) in [4.78, 5) is 4.96. The van der Waals surface area contributed by atoms with E-state index >= 15 is 0 Å². The summed E-state index contributed by atoms with van der Waals surface area (Å²) in [6.45, 7) is 2.96. The van der Waals surface area contributed by atoms with Crippen LogP contribution in [0.5, 0.6) is 0 Å². The highest BCUT2D eigenvalue weighted by molar-refractivity contribution is 6.31. The molecule has 0 saturated heterocycles. The van der Waals surface area contributed by atoms with Crippen LogP contribution in [0.15, 0.2) is 33.9 Å². The molecule has 5 nitrogen and oxygen atoms in total. The monoisotopic (exact) mass is 306 g/mol. The number of hydrogen-bond acceptors (Lipinski definition) is 5. The van der Waals surface area contributed by atoms with E-state index < -0.39 is 0 Å². The van der Waals surface area contributed by atoms with Gasteiger partial charge in [-0.25, -0.2) is 0 Å². The Kier molecular flexibility index (Phi) is 4.22. The maximum absolute atomic E-state index is 6.25. The predicted molar refractivity (Wildman–Crippen MR) is 78.7 cm³/mol. The van der Waals surface area contributed by atoms with Gasteiger partial charge in [-0.15, -0.1) is 0 Å². The summed E-state index contributed by atoms with van der Waals surface area (Å²) in [5, 5.41) is 8.61. The van der Waals surface area contributed by atoms with Crippen LogP contribution in [0, 0.1) is 0 Å². The summed E-state index contributed by atoms with van der Waals surface area (Å²) in [5.74, 6) is 0.610. The highest BCUT2D eigenvalue weighted by Crippen LogP contribution is 2.36. The Morgan fingerprint density at radius 3 is 3.14 bits per heavy atom. The van der Waals surface area contributed by atoms with Crippen molar-refractivity contribution in [2.24, 2.45) is 5.16 Å². The molecule has 0 bridgehead atoms. The lowest BCUT2D eigenvalue weighted by molar-refractivity contribution is 0.0657. The lowest BCUT2D eigenvalue weighted by Gasteiger charge is -2.22. The van der Waals surface area contributed by atoms with Crippen LogP contribution in [0.2, 0.25) is 5.02 Å². The summed E-state index contributed by atoms with van der Waals surface area (Å²) in [7, 11) is 0. The zero-order valence-electron chi connectivity index (χ0n) is 11.6. The zero-order chi connectivity index (χ0) is 14.7. The van der Waals surface area contributed by atoms with Crippen molar-refractivity contribution in [3.8, 4) is 0 Å². The van der Waals surface area contributed by atoms with E-state index in [-0.39, 0.29) is 6.10 Å². The Morgan fingerprint density at radius 2 is 2.33 bits per heavy atom. The van der Waals surface area contributed by atoms with Crippen molar-refractivity contribution in [2.75, 3.05) is 13.2 Å². The molecule has 1 aromatic carbocycles. The summed E-state index contributed by atoms with van der Waals surface area (Å²) in [6.07, 6.45) is 1.97. The Bertz CT molecular complexity index is 654. The first-order valence-electron chi connectivity index (χ1n) is 6.81. The van der Waals surface area contributed by atoms with E-state index in [1.165, 1.54) is 0 Å². The average molecular weight is 307 g/mol. The van der Waals surface area contributed by atoms with Gasteiger partial charge in [0.25, 0.3) is 0 Å². The zero-order valence-corrected chi connectivity index (χ0v) is 12.3. The number of nitrogens with zero attached hydrogens (tertiary/aromatic N) is 2. The number of rotatable bonds is 4. The van der Waals surface area contributed by atoms with Gasteiger partial charge in [0, 0.05) is 22.6 Å². The fourth-order valence-electron chi connectivity index (χ4n) is 2.34. The quantitative estimate of drug-likeness (QED) is 0.642. The van der Waals surface area contributed by atoms with Crippen molar-refractivity contribution in [1.29, 1.82) is 0 Å². The molecule has 0 spiro atoms. The van der Waals surface area contributed by atoms with Crippen LogP contribution in [0.4, 0.5) is 0 Å². The molecule has 1 unspecified atom stereocenters. The molecule has 6 heteroatoms. The van der Waals surface area contributed by atoms with Crippen molar-refractivity contribution in [1.82, 2.24) is 5.16 Å².